The summed E-state index contributed by atoms with van der Waals surface area (Å²) in [6.07, 6.45) is 3.56. The van der Waals surface area contributed by atoms with Gasteiger partial charge in [-0.2, -0.15) is 5.10 Å². The van der Waals surface area contributed by atoms with E-state index in [1.54, 1.807) is 17.5 Å². The fourth-order valence-electron chi connectivity index (χ4n) is 3.18. The highest BCUT2D eigenvalue weighted by Crippen LogP contribution is 2.39. The Morgan fingerprint density at radius 1 is 0.920 bits per heavy atom. The van der Waals surface area contributed by atoms with Gasteiger partial charge in [0.05, 0.1) is 11.7 Å². The number of hydrogen-bond donors (Lipinski definition) is 2. The number of aromatic nitrogens is 3. The summed E-state index contributed by atoms with van der Waals surface area (Å²) in [6.45, 7) is 0. The second kappa shape index (κ2) is 5.43. The van der Waals surface area contributed by atoms with Crippen LogP contribution in [0.25, 0.3) is 42.6 Å². The van der Waals surface area contributed by atoms with Gasteiger partial charge < -0.3 is 5.73 Å². The molecule has 120 valence electrons. The third-order valence-electron chi connectivity index (χ3n) is 4.39. The normalized spacial score (nSPS) is 11.4. The topological polar surface area (TPSA) is 67.6 Å². The fourth-order valence-corrected chi connectivity index (χ4v) is 4.27. The smallest absolute Gasteiger partial charge is 0.131 e. The van der Waals surface area contributed by atoms with Crippen molar-refractivity contribution in [2.45, 2.75) is 0 Å². The van der Waals surface area contributed by atoms with E-state index in [9.17, 15) is 0 Å². The summed E-state index contributed by atoms with van der Waals surface area (Å²) in [7, 11) is 0. The lowest BCUT2D eigenvalue weighted by Crippen LogP contribution is -1.93. The highest BCUT2D eigenvalue weighted by molar-refractivity contribution is 7.22. The standard InChI is InChI=1S/C20H14N4S/c21-20-15(5-3-7-22-20)13-8-14-11-23-24-19(14)16(9-13)18-10-12-4-1-2-6-17(12)25-18/h1-11H,(H2,21,22)(H,23,24). The Balaban J connectivity index is 1.80. The molecule has 0 bridgehead atoms. The maximum absolute atomic E-state index is 6.09. The third kappa shape index (κ3) is 2.28. The Morgan fingerprint density at radius 2 is 1.84 bits per heavy atom. The number of thiophene rings is 1. The van der Waals surface area contributed by atoms with Crippen molar-refractivity contribution in [2.24, 2.45) is 0 Å². The molecule has 0 aliphatic rings. The summed E-state index contributed by atoms with van der Waals surface area (Å²) in [6, 6.07) is 18.8. The van der Waals surface area contributed by atoms with Gasteiger partial charge in [0.1, 0.15) is 5.82 Å². The first-order chi connectivity index (χ1) is 12.3. The van der Waals surface area contributed by atoms with Crippen molar-refractivity contribution in [2.75, 3.05) is 5.73 Å². The molecule has 0 saturated carbocycles. The van der Waals surface area contributed by atoms with E-state index in [4.69, 9.17) is 5.73 Å². The quantitative estimate of drug-likeness (QED) is 0.469. The monoisotopic (exact) mass is 342 g/mol. The molecule has 0 saturated heterocycles. The van der Waals surface area contributed by atoms with Gasteiger partial charge in [-0.1, -0.05) is 18.2 Å². The number of H-pyrrole nitrogens is 1. The second-order valence-electron chi connectivity index (χ2n) is 5.94. The average Bonchev–Trinajstić information content (AvgIpc) is 3.27. The number of nitrogens with one attached hydrogen (secondary N) is 1. The van der Waals surface area contributed by atoms with Crippen molar-refractivity contribution in [1.29, 1.82) is 0 Å². The number of rotatable bonds is 2. The molecule has 2 aromatic carbocycles. The van der Waals surface area contributed by atoms with E-state index in [1.165, 1.54) is 15.0 Å². The summed E-state index contributed by atoms with van der Waals surface area (Å²) < 4.78 is 1.27. The zero-order valence-electron chi connectivity index (χ0n) is 13.2. The number of anilines is 1. The first-order valence-electron chi connectivity index (χ1n) is 7.96. The lowest BCUT2D eigenvalue weighted by Gasteiger charge is -2.08. The Kier molecular flexibility index (Phi) is 3.08. The zero-order chi connectivity index (χ0) is 16.8. The first kappa shape index (κ1) is 14.2. The summed E-state index contributed by atoms with van der Waals surface area (Å²) in [5, 5.41) is 9.68. The maximum atomic E-state index is 6.09. The second-order valence-corrected chi connectivity index (χ2v) is 7.03. The number of aromatic amines is 1. The number of fused-ring (bicyclic) bond motifs is 2. The summed E-state index contributed by atoms with van der Waals surface area (Å²) in [5.74, 6) is 0.535. The highest BCUT2D eigenvalue weighted by Gasteiger charge is 2.13. The van der Waals surface area contributed by atoms with Crippen LogP contribution >= 0.6 is 11.3 Å². The molecular weight excluding hydrogens is 328 g/mol. The van der Waals surface area contributed by atoms with E-state index in [2.05, 4.69) is 57.6 Å². The van der Waals surface area contributed by atoms with Gasteiger partial charge >= 0.3 is 0 Å². The zero-order valence-corrected chi connectivity index (χ0v) is 14.0. The van der Waals surface area contributed by atoms with E-state index in [1.807, 2.05) is 18.3 Å². The van der Waals surface area contributed by atoms with Gasteiger partial charge in [-0.05, 0) is 47.3 Å². The van der Waals surface area contributed by atoms with Crippen LogP contribution in [-0.4, -0.2) is 15.2 Å². The van der Waals surface area contributed by atoms with Crippen molar-refractivity contribution < 1.29 is 0 Å². The highest BCUT2D eigenvalue weighted by atomic mass is 32.1. The van der Waals surface area contributed by atoms with Gasteiger partial charge in [0.25, 0.3) is 0 Å². The SMILES string of the molecule is Nc1ncccc1-c1cc(-c2cc3ccccc3s2)c2[nH]ncc2c1. The summed E-state index contributed by atoms with van der Waals surface area (Å²) in [4.78, 5) is 5.43. The summed E-state index contributed by atoms with van der Waals surface area (Å²) in [5.41, 5.74) is 10.2. The molecule has 0 spiro atoms. The molecule has 3 heterocycles. The minimum Gasteiger partial charge on any atom is -0.383 e. The number of nitrogens with zero attached hydrogens (tertiary/aromatic N) is 2. The number of nitrogen functional groups attached to an aromatic ring is 1. The Bertz CT molecular complexity index is 1190. The van der Waals surface area contributed by atoms with Crippen molar-refractivity contribution in [3.05, 3.63) is 67.0 Å². The molecule has 0 fully saturated rings. The van der Waals surface area contributed by atoms with Crippen LogP contribution in [0.15, 0.2) is 67.0 Å². The van der Waals surface area contributed by atoms with Crippen LogP contribution in [0.5, 0.6) is 0 Å². The molecule has 5 heteroatoms. The number of pyridine rings is 1. The molecule has 0 aliphatic carbocycles. The maximum Gasteiger partial charge on any atom is 0.131 e. The number of hydrogen-bond acceptors (Lipinski definition) is 4. The molecule has 0 radical (unpaired) electrons. The molecule has 0 amide bonds. The lowest BCUT2D eigenvalue weighted by molar-refractivity contribution is 1.12. The molecule has 25 heavy (non-hydrogen) atoms. The summed E-state index contributed by atoms with van der Waals surface area (Å²) >= 11 is 1.78. The molecule has 5 aromatic rings. The Morgan fingerprint density at radius 3 is 2.72 bits per heavy atom. The van der Waals surface area contributed by atoms with Gasteiger partial charge in [0.2, 0.25) is 0 Å². The van der Waals surface area contributed by atoms with Crippen LogP contribution in [-0.2, 0) is 0 Å². The molecular formula is C20H14N4S. The van der Waals surface area contributed by atoms with E-state index in [-0.39, 0.29) is 0 Å². The molecule has 0 unspecified atom stereocenters. The molecule has 0 atom stereocenters. The van der Waals surface area contributed by atoms with Gasteiger partial charge in [0.15, 0.2) is 0 Å². The Labute approximate surface area is 148 Å². The van der Waals surface area contributed by atoms with Crippen LogP contribution < -0.4 is 5.73 Å². The molecule has 3 N–H and O–H groups in total. The van der Waals surface area contributed by atoms with Crippen molar-refractivity contribution in [1.82, 2.24) is 15.2 Å². The molecule has 5 rings (SSSR count). The van der Waals surface area contributed by atoms with Gasteiger partial charge in [-0.3, -0.25) is 5.10 Å². The van der Waals surface area contributed by atoms with E-state index in [0.717, 1.165) is 27.6 Å². The largest absolute Gasteiger partial charge is 0.383 e. The van der Waals surface area contributed by atoms with E-state index >= 15 is 0 Å². The number of nitrogens with two attached hydrogens (primary N) is 1. The fraction of sp³-hybridized carbons (Fsp3) is 0. The molecule has 4 nitrogen and oxygen atoms in total. The first-order valence-corrected chi connectivity index (χ1v) is 8.78. The third-order valence-corrected chi connectivity index (χ3v) is 5.54. The van der Waals surface area contributed by atoms with Crippen LogP contribution in [0.4, 0.5) is 5.82 Å². The van der Waals surface area contributed by atoms with Crippen LogP contribution in [0.2, 0.25) is 0 Å². The van der Waals surface area contributed by atoms with Gasteiger partial charge in [0, 0.05) is 32.3 Å². The van der Waals surface area contributed by atoms with Gasteiger partial charge in [-0.25, -0.2) is 4.98 Å². The van der Waals surface area contributed by atoms with E-state index < -0.39 is 0 Å². The van der Waals surface area contributed by atoms with E-state index in [0.29, 0.717) is 5.82 Å². The van der Waals surface area contributed by atoms with Crippen LogP contribution in [0.3, 0.4) is 0 Å². The molecule has 3 aromatic heterocycles. The van der Waals surface area contributed by atoms with Crippen LogP contribution in [0, 0.1) is 0 Å². The van der Waals surface area contributed by atoms with Crippen molar-refractivity contribution >= 4 is 38.1 Å². The lowest BCUT2D eigenvalue weighted by atomic mass is 10.00. The van der Waals surface area contributed by atoms with Gasteiger partial charge in [-0.15, -0.1) is 11.3 Å². The minimum atomic E-state index is 0.535. The van der Waals surface area contributed by atoms with Crippen LogP contribution in [0.1, 0.15) is 0 Å². The number of benzene rings is 2. The predicted octanol–water partition coefficient (Wildman–Crippen LogP) is 5.09. The Hall–Kier alpha value is -3.18. The van der Waals surface area contributed by atoms with Crippen molar-refractivity contribution in [3.8, 4) is 21.6 Å². The minimum absolute atomic E-state index is 0.535. The predicted molar refractivity (Wildman–Crippen MR) is 105 cm³/mol. The average molecular weight is 342 g/mol. The van der Waals surface area contributed by atoms with Crippen molar-refractivity contribution in [3.63, 3.8) is 0 Å². The molecule has 0 aliphatic heterocycles.